The van der Waals surface area contributed by atoms with Crippen molar-refractivity contribution in [3.8, 4) is 11.5 Å². The van der Waals surface area contributed by atoms with Crippen LogP contribution in [-0.2, 0) is 17.8 Å². The number of rotatable bonds is 8. The molecule has 1 amide bonds. The lowest BCUT2D eigenvalue weighted by molar-refractivity contribution is -0.126. The van der Waals surface area contributed by atoms with Gasteiger partial charge in [0.2, 0.25) is 5.91 Å². The molecule has 0 saturated heterocycles. The molecule has 166 valence electrons. The summed E-state index contributed by atoms with van der Waals surface area (Å²) in [6.45, 7) is 4.62. The number of amides is 1. The van der Waals surface area contributed by atoms with E-state index >= 15 is 0 Å². The lowest BCUT2D eigenvalue weighted by Gasteiger charge is -2.25. The average Bonchev–Trinajstić information content (AvgIpc) is 2.74. The second kappa shape index (κ2) is 10.9. The molecule has 30 heavy (non-hydrogen) atoms. The van der Waals surface area contributed by atoms with Crippen LogP contribution in [0.2, 0.25) is 0 Å². The zero-order valence-corrected chi connectivity index (χ0v) is 18.8. The van der Waals surface area contributed by atoms with Crippen LogP contribution >= 0.6 is 0 Å². The first-order valence-electron chi connectivity index (χ1n) is 12.0. The third-order valence-corrected chi connectivity index (χ3v) is 6.92. The number of aryl methyl sites for hydroxylation is 1. The number of benzene rings is 1. The van der Waals surface area contributed by atoms with Crippen molar-refractivity contribution in [3.05, 3.63) is 34.4 Å². The highest BCUT2D eigenvalue weighted by Gasteiger charge is 2.26. The third kappa shape index (κ3) is 5.59. The molecule has 0 heterocycles. The van der Waals surface area contributed by atoms with E-state index in [0.717, 1.165) is 81.8 Å². The maximum Gasteiger partial charge on any atom is 0.223 e. The van der Waals surface area contributed by atoms with Crippen molar-refractivity contribution in [1.82, 2.24) is 5.32 Å². The molecule has 1 aromatic carbocycles. The summed E-state index contributed by atoms with van der Waals surface area (Å²) in [4.78, 5) is 12.7. The number of carbonyl (C=O) groups excluding carboxylic acids is 1. The van der Waals surface area contributed by atoms with Crippen molar-refractivity contribution in [3.63, 3.8) is 0 Å². The van der Waals surface area contributed by atoms with Crippen molar-refractivity contribution < 1.29 is 15.0 Å². The largest absolute Gasteiger partial charge is 0.507 e. The molecule has 3 rings (SSSR count). The molecule has 1 atom stereocenters. The second-order valence-corrected chi connectivity index (χ2v) is 9.32. The Morgan fingerprint density at radius 2 is 1.87 bits per heavy atom. The number of aromatic hydroxyl groups is 2. The molecule has 2 aliphatic rings. The van der Waals surface area contributed by atoms with E-state index in [1.807, 2.05) is 6.07 Å². The van der Waals surface area contributed by atoms with Crippen LogP contribution in [0.3, 0.4) is 0 Å². The fourth-order valence-electron chi connectivity index (χ4n) is 5.14. The molecule has 4 nitrogen and oxygen atoms in total. The van der Waals surface area contributed by atoms with Gasteiger partial charge in [0.15, 0.2) is 0 Å². The molecule has 3 N–H and O–H groups in total. The highest BCUT2D eigenvalue weighted by Crippen LogP contribution is 2.44. The van der Waals surface area contributed by atoms with E-state index in [2.05, 4.69) is 25.2 Å². The van der Waals surface area contributed by atoms with E-state index in [1.54, 1.807) is 0 Å². The van der Waals surface area contributed by atoms with Gasteiger partial charge in [-0.2, -0.15) is 0 Å². The van der Waals surface area contributed by atoms with Crippen LogP contribution in [-0.4, -0.2) is 16.1 Å². The molecule has 0 aliphatic heterocycles. The van der Waals surface area contributed by atoms with Gasteiger partial charge in [0.1, 0.15) is 11.5 Å². The Kier molecular flexibility index (Phi) is 8.24. The minimum absolute atomic E-state index is 0.0382. The van der Waals surface area contributed by atoms with E-state index in [-0.39, 0.29) is 29.2 Å². The normalized spacial score (nSPS) is 20.1. The lowest BCUT2D eigenvalue weighted by Crippen LogP contribution is -2.31. The summed E-state index contributed by atoms with van der Waals surface area (Å²) < 4.78 is 0. The van der Waals surface area contributed by atoms with Crippen molar-refractivity contribution in [2.45, 2.75) is 103 Å². The molecule has 1 saturated carbocycles. The van der Waals surface area contributed by atoms with E-state index < -0.39 is 0 Å². The van der Waals surface area contributed by atoms with E-state index in [1.165, 1.54) is 12.0 Å². The molecule has 1 fully saturated rings. The Morgan fingerprint density at radius 3 is 2.57 bits per heavy atom. The SMILES string of the molecule is CCCCCc1cc(O)c(C2C=C(C)CCC2)c(O)c1CNC(=O)C1CCCCC1. The Balaban J connectivity index is 1.85. The summed E-state index contributed by atoms with van der Waals surface area (Å²) in [5, 5.41) is 25.1. The van der Waals surface area contributed by atoms with Crippen molar-refractivity contribution in [2.75, 3.05) is 0 Å². The number of phenolic OH excluding ortho intramolecular Hbond substituents is 2. The maximum absolute atomic E-state index is 12.7. The molecular formula is C26H39NO3. The minimum atomic E-state index is 0.0382. The molecule has 0 aromatic heterocycles. The molecule has 1 unspecified atom stereocenters. The number of carbonyl (C=O) groups is 1. The number of hydrogen-bond donors (Lipinski definition) is 3. The lowest BCUT2D eigenvalue weighted by atomic mass is 9.83. The van der Waals surface area contributed by atoms with Crippen LogP contribution in [0.15, 0.2) is 17.7 Å². The first kappa shape index (κ1) is 22.7. The van der Waals surface area contributed by atoms with Crippen LogP contribution in [0.1, 0.15) is 107 Å². The standard InChI is InChI=1S/C26H39NO3/c1-3-4-6-13-20-16-23(28)24(21-14-9-10-18(2)15-21)25(29)22(20)17-27-26(30)19-11-7-5-8-12-19/h15-16,19,21,28-29H,3-14,17H2,1-2H3,(H,27,30). The highest BCUT2D eigenvalue weighted by atomic mass is 16.3. The predicted octanol–water partition coefficient (Wildman–Crippen LogP) is 6.24. The van der Waals surface area contributed by atoms with Crippen LogP contribution in [0.4, 0.5) is 0 Å². The van der Waals surface area contributed by atoms with E-state index in [0.29, 0.717) is 12.1 Å². The zero-order chi connectivity index (χ0) is 21.5. The second-order valence-electron chi connectivity index (χ2n) is 9.32. The first-order valence-corrected chi connectivity index (χ1v) is 12.0. The van der Waals surface area contributed by atoms with Crippen molar-refractivity contribution in [1.29, 1.82) is 0 Å². The van der Waals surface area contributed by atoms with Crippen LogP contribution < -0.4 is 5.32 Å². The Morgan fingerprint density at radius 1 is 1.10 bits per heavy atom. The number of nitrogens with one attached hydrogen (secondary N) is 1. The fourth-order valence-corrected chi connectivity index (χ4v) is 5.14. The molecule has 0 spiro atoms. The summed E-state index contributed by atoms with van der Waals surface area (Å²) in [5.74, 6) is 0.622. The van der Waals surface area contributed by atoms with Gasteiger partial charge in [-0.05, 0) is 63.5 Å². The molecule has 1 aromatic rings. The number of phenols is 2. The third-order valence-electron chi connectivity index (χ3n) is 6.92. The van der Waals surface area contributed by atoms with Crippen LogP contribution in [0, 0.1) is 5.92 Å². The van der Waals surface area contributed by atoms with Gasteiger partial charge in [0.25, 0.3) is 0 Å². The number of hydrogen-bond acceptors (Lipinski definition) is 3. The maximum atomic E-state index is 12.7. The Bertz CT molecular complexity index is 762. The predicted molar refractivity (Wildman–Crippen MR) is 122 cm³/mol. The Labute approximate surface area is 181 Å². The van der Waals surface area contributed by atoms with Crippen molar-refractivity contribution in [2.24, 2.45) is 5.92 Å². The zero-order valence-electron chi connectivity index (χ0n) is 18.8. The van der Waals surface area contributed by atoms with Gasteiger partial charge in [-0.25, -0.2) is 0 Å². The summed E-state index contributed by atoms with van der Waals surface area (Å²) in [5.41, 5.74) is 3.70. The summed E-state index contributed by atoms with van der Waals surface area (Å²) in [6, 6.07) is 1.84. The smallest absolute Gasteiger partial charge is 0.223 e. The molecular weight excluding hydrogens is 374 g/mol. The van der Waals surface area contributed by atoms with Crippen LogP contribution in [0.25, 0.3) is 0 Å². The van der Waals surface area contributed by atoms with E-state index in [9.17, 15) is 15.0 Å². The molecule has 4 heteroatoms. The molecule has 2 aliphatic carbocycles. The topological polar surface area (TPSA) is 69.6 Å². The Hall–Kier alpha value is -1.97. The van der Waals surface area contributed by atoms with Gasteiger partial charge in [-0.3, -0.25) is 4.79 Å². The van der Waals surface area contributed by atoms with Gasteiger partial charge in [0.05, 0.1) is 0 Å². The van der Waals surface area contributed by atoms with Gasteiger partial charge in [-0.15, -0.1) is 0 Å². The molecule has 0 radical (unpaired) electrons. The quantitative estimate of drug-likeness (QED) is 0.349. The number of unbranched alkanes of at least 4 members (excludes halogenated alkanes) is 2. The highest BCUT2D eigenvalue weighted by molar-refractivity contribution is 5.78. The summed E-state index contributed by atoms with van der Waals surface area (Å²) in [7, 11) is 0. The van der Waals surface area contributed by atoms with Crippen molar-refractivity contribution >= 4 is 5.91 Å². The van der Waals surface area contributed by atoms with Gasteiger partial charge in [-0.1, -0.05) is 50.7 Å². The van der Waals surface area contributed by atoms with Crippen LogP contribution in [0.5, 0.6) is 11.5 Å². The monoisotopic (exact) mass is 413 g/mol. The van der Waals surface area contributed by atoms with Gasteiger partial charge in [0, 0.05) is 29.5 Å². The minimum Gasteiger partial charge on any atom is -0.507 e. The number of allylic oxidation sites excluding steroid dienone is 2. The average molecular weight is 414 g/mol. The first-order chi connectivity index (χ1) is 14.5. The van der Waals surface area contributed by atoms with Gasteiger partial charge >= 0.3 is 0 Å². The fraction of sp³-hybridized carbons (Fsp3) is 0.654. The van der Waals surface area contributed by atoms with Gasteiger partial charge < -0.3 is 15.5 Å². The summed E-state index contributed by atoms with van der Waals surface area (Å²) in [6.07, 6.45) is 14.7. The summed E-state index contributed by atoms with van der Waals surface area (Å²) >= 11 is 0. The van der Waals surface area contributed by atoms with E-state index in [4.69, 9.17) is 0 Å². The molecule has 0 bridgehead atoms.